The molecule has 130 valence electrons. The van der Waals surface area contributed by atoms with Gasteiger partial charge in [0.1, 0.15) is 10.7 Å². The molecule has 0 aliphatic heterocycles. The van der Waals surface area contributed by atoms with Gasteiger partial charge in [0.25, 0.3) is 5.91 Å². The molecule has 2 heterocycles. The topological polar surface area (TPSA) is 79.8 Å². The van der Waals surface area contributed by atoms with Crippen molar-refractivity contribution < 1.29 is 4.79 Å². The third-order valence-electron chi connectivity index (χ3n) is 3.28. The van der Waals surface area contributed by atoms with Gasteiger partial charge in [0.2, 0.25) is 5.13 Å². The minimum Gasteiger partial charge on any atom is -0.361 e. The van der Waals surface area contributed by atoms with Crippen molar-refractivity contribution in [3.05, 3.63) is 52.0 Å². The summed E-state index contributed by atoms with van der Waals surface area (Å²) in [6.45, 7) is 5.07. The minimum absolute atomic E-state index is 0.267. The molecule has 0 fully saturated rings. The van der Waals surface area contributed by atoms with Crippen LogP contribution in [0.15, 0.2) is 35.7 Å². The molecule has 0 saturated carbocycles. The summed E-state index contributed by atoms with van der Waals surface area (Å²) in [5, 5.41) is 18.0. The standard InChI is InChI=1S/C17H19N5OS2/c1-11(2)9-18-16-19-13(10-24-16)15(23)20-17-22-21-14(25-17)8-12-6-4-3-5-7-12/h3-7,10-11H,8-9H2,1-2H3,(H,18,19)(H,20,22,23). The first-order chi connectivity index (χ1) is 12.1. The van der Waals surface area contributed by atoms with Gasteiger partial charge in [-0.2, -0.15) is 0 Å². The number of thiazole rings is 1. The highest BCUT2D eigenvalue weighted by Gasteiger charge is 2.14. The van der Waals surface area contributed by atoms with Gasteiger partial charge in [-0.05, 0) is 11.5 Å². The monoisotopic (exact) mass is 373 g/mol. The second-order valence-corrected chi connectivity index (χ2v) is 7.85. The van der Waals surface area contributed by atoms with Gasteiger partial charge in [-0.15, -0.1) is 21.5 Å². The average molecular weight is 374 g/mol. The van der Waals surface area contributed by atoms with E-state index in [1.54, 1.807) is 5.38 Å². The molecule has 1 aromatic carbocycles. The van der Waals surface area contributed by atoms with Crippen LogP contribution in [0.4, 0.5) is 10.3 Å². The fourth-order valence-corrected chi connectivity index (χ4v) is 3.53. The molecule has 0 saturated heterocycles. The second kappa shape index (κ2) is 8.17. The van der Waals surface area contributed by atoms with Gasteiger partial charge in [0.15, 0.2) is 5.13 Å². The number of benzene rings is 1. The molecule has 0 radical (unpaired) electrons. The van der Waals surface area contributed by atoms with Gasteiger partial charge in [-0.1, -0.05) is 55.5 Å². The molecule has 6 nitrogen and oxygen atoms in total. The summed E-state index contributed by atoms with van der Waals surface area (Å²) in [7, 11) is 0. The summed E-state index contributed by atoms with van der Waals surface area (Å²) in [4.78, 5) is 16.6. The summed E-state index contributed by atoms with van der Waals surface area (Å²) in [6.07, 6.45) is 0.703. The fourth-order valence-electron chi connectivity index (χ4n) is 2.06. The third kappa shape index (κ3) is 5.07. The molecule has 0 aliphatic rings. The molecule has 1 amide bonds. The van der Waals surface area contributed by atoms with Gasteiger partial charge in [0.05, 0.1) is 0 Å². The van der Waals surface area contributed by atoms with Crippen LogP contribution in [0.1, 0.15) is 34.9 Å². The maximum Gasteiger partial charge on any atom is 0.277 e. The number of hydrogen-bond donors (Lipinski definition) is 2. The summed E-state index contributed by atoms with van der Waals surface area (Å²) in [5.74, 6) is 0.252. The molecule has 0 bridgehead atoms. The largest absolute Gasteiger partial charge is 0.361 e. The van der Waals surface area contributed by atoms with Crippen LogP contribution >= 0.6 is 22.7 Å². The fraction of sp³-hybridized carbons (Fsp3) is 0.294. The van der Waals surface area contributed by atoms with Crippen LogP contribution < -0.4 is 10.6 Å². The van der Waals surface area contributed by atoms with Crippen LogP contribution in [0, 0.1) is 5.92 Å². The predicted molar refractivity (Wildman–Crippen MR) is 103 cm³/mol. The van der Waals surface area contributed by atoms with Gasteiger partial charge in [0, 0.05) is 18.3 Å². The first-order valence-electron chi connectivity index (χ1n) is 7.97. The summed E-state index contributed by atoms with van der Waals surface area (Å²) >= 11 is 2.80. The molecule has 0 unspecified atom stereocenters. The number of rotatable bonds is 7. The maximum atomic E-state index is 12.3. The molecule has 8 heteroatoms. The number of nitrogens with zero attached hydrogens (tertiary/aromatic N) is 3. The molecule has 0 aliphatic carbocycles. The smallest absolute Gasteiger partial charge is 0.277 e. The van der Waals surface area contributed by atoms with E-state index < -0.39 is 0 Å². The molecule has 2 aromatic heterocycles. The van der Waals surface area contributed by atoms with Gasteiger partial charge >= 0.3 is 0 Å². The van der Waals surface area contributed by atoms with Crippen molar-refractivity contribution in [2.45, 2.75) is 20.3 Å². The first-order valence-corrected chi connectivity index (χ1v) is 9.67. The SMILES string of the molecule is CC(C)CNc1nc(C(=O)Nc2nnc(Cc3ccccc3)s2)cs1. The lowest BCUT2D eigenvalue weighted by Gasteiger charge is -2.04. The van der Waals surface area contributed by atoms with E-state index in [2.05, 4.69) is 39.7 Å². The van der Waals surface area contributed by atoms with Gasteiger partial charge in [-0.3, -0.25) is 10.1 Å². The first kappa shape index (κ1) is 17.5. The molecular weight excluding hydrogens is 354 g/mol. The number of carbonyl (C=O) groups is 1. The maximum absolute atomic E-state index is 12.3. The zero-order valence-corrected chi connectivity index (χ0v) is 15.7. The number of amides is 1. The second-order valence-electron chi connectivity index (χ2n) is 5.93. The van der Waals surface area contributed by atoms with Crippen LogP contribution in [-0.4, -0.2) is 27.6 Å². The third-order valence-corrected chi connectivity index (χ3v) is 4.92. The van der Waals surface area contributed by atoms with E-state index in [9.17, 15) is 4.79 Å². The zero-order valence-electron chi connectivity index (χ0n) is 14.0. The van der Waals surface area contributed by atoms with Gasteiger partial charge in [-0.25, -0.2) is 4.98 Å². The van der Waals surface area contributed by atoms with Crippen molar-refractivity contribution in [1.82, 2.24) is 15.2 Å². The van der Waals surface area contributed by atoms with Crippen molar-refractivity contribution in [2.24, 2.45) is 5.92 Å². The van der Waals surface area contributed by atoms with Crippen LogP contribution in [0.25, 0.3) is 0 Å². The van der Waals surface area contributed by atoms with Gasteiger partial charge < -0.3 is 5.32 Å². The molecule has 3 aromatic rings. The van der Waals surface area contributed by atoms with Crippen LogP contribution in [0.3, 0.4) is 0 Å². The summed E-state index contributed by atoms with van der Waals surface area (Å²) in [6, 6.07) is 10.0. The van der Waals surface area contributed by atoms with Crippen molar-refractivity contribution in [2.75, 3.05) is 17.2 Å². The highest BCUT2D eigenvalue weighted by molar-refractivity contribution is 7.15. The predicted octanol–water partition coefficient (Wildman–Crippen LogP) is 3.91. The van der Waals surface area contributed by atoms with E-state index in [4.69, 9.17) is 0 Å². The highest BCUT2D eigenvalue weighted by Crippen LogP contribution is 2.21. The minimum atomic E-state index is -0.267. The van der Waals surface area contributed by atoms with E-state index >= 15 is 0 Å². The molecular formula is C17H19N5OS2. The van der Waals surface area contributed by atoms with E-state index in [1.807, 2.05) is 30.3 Å². The lowest BCUT2D eigenvalue weighted by atomic mass is 10.2. The molecule has 0 spiro atoms. The molecule has 2 N–H and O–H groups in total. The normalized spacial score (nSPS) is 10.8. The number of anilines is 2. The summed E-state index contributed by atoms with van der Waals surface area (Å²) < 4.78 is 0. The Labute approximate surface area is 154 Å². The van der Waals surface area contributed by atoms with Crippen molar-refractivity contribution in [3.8, 4) is 0 Å². The quantitative estimate of drug-likeness (QED) is 0.656. The number of nitrogens with one attached hydrogen (secondary N) is 2. The average Bonchev–Trinajstić information content (AvgIpc) is 3.23. The molecule has 3 rings (SSSR count). The van der Waals surface area contributed by atoms with E-state index in [0.717, 1.165) is 22.2 Å². The number of aromatic nitrogens is 3. The molecule has 25 heavy (non-hydrogen) atoms. The van der Waals surface area contributed by atoms with E-state index in [0.29, 0.717) is 23.2 Å². The van der Waals surface area contributed by atoms with E-state index in [-0.39, 0.29) is 5.91 Å². The lowest BCUT2D eigenvalue weighted by molar-refractivity contribution is 0.102. The Morgan fingerprint density at radius 1 is 1.16 bits per heavy atom. The number of carbonyl (C=O) groups excluding carboxylic acids is 1. The van der Waals surface area contributed by atoms with Crippen LogP contribution in [0.2, 0.25) is 0 Å². The Bertz CT molecular complexity index is 828. The van der Waals surface area contributed by atoms with Crippen LogP contribution in [0.5, 0.6) is 0 Å². The van der Waals surface area contributed by atoms with Crippen molar-refractivity contribution in [3.63, 3.8) is 0 Å². The van der Waals surface area contributed by atoms with Crippen molar-refractivity contribution in [1.29, 1.82) is 0 Å². The van der Waals surface area contributed by atoms with E-state index in [1.165, 1.54) is 22.7 Å². The summed E-state index contributed by atoms with van der Waals surface area (Å²) in [5.41, 5.74) is 1.55. The highest BCUT2D eigenvalue weighted by atomic mass is 32.1. The Kier molecular flexibility index (Phi) is 5.72. The Balaban J connectivity index is 1.58. The Morgan fingerprint density at radius 2 is 1.96 bits per heavy atom. The molecule has 0 atom stereocenters. The number of hydrogen-bond acceptors (Lipinski definition) is 7. The Hall–Kier alpha value is -2.32. The lowest BCUT2D eigenvalue weighted by Crippen LogP contribution is -2.13. The zero-order chi connectivity index (χ0) is 17.6. The van der Waals surface area contributed by atoms with Crippen LogP contribution in [-0.2, 0) is 6.42 Å². The Morgan fingerprint density at radius 3 is 2.72 bits per heavy atom. The van der Waals surface area contributed by atoms with Crippen molar-refractivity contribution >= 4 is 38.8 Å².